The molecule has 0 unspecified atom stereocenters. The Kier molecular flexibility index (Phi) is 3.52. The average molecular weight is 222 g/mol. The van der Waals surface area contributed by atoms with E-state index < -0.39 is 0 Å². The highest BCUT2D eigenvalue weighted by Crippen LogP contribution is 2.36. The minimum absolute atomic E-state index is 0.536. The van der Waals surface area contributed by atoms with Crippen LogP contribution < -0.4 is 5.73 Å². The van der Waals surface area contributed by atoms with Crippen molar-refractivity contribution >= 4 is 5.88 Å². The molecule has 90 valence electrons. The van der Waals surface area contributed by atoms with Crippen LogP contribution in [0.25, 0.3) is 0 Å². The number of nitrogen functional groups attached to an aromatic ring is 1. The molecule has 0 aliphatic heterocycles. The molecule has 1 saturated carbocycles. The van der Waals surface area contributed by atoms with E-state index in [-0.39, 0.29) is 0 Å². The molecule has 0 bridgehead atoms. The minimum atomic E-state index is 0.536. The Morgan fingerprint density at radius 1 is 1.31 bits per heavy atom. The third-order valence-corrected chi connectivity index (χ3v) is 3.45. The van der Waals surface area contributed by atoms with Gasteiger partial charge in [-0.2, -0.15) is 0 Å². The lowest BCUT2D eigenvalue weighted by Gasteiger charge is -2.20. The molecule has 2 N–H and O–H groups in total. The Morgan fingerprint density at radius 2 is 2.00 bits per heavy atom. The fourth-order valence-corrected chi connectivity index (χ4v) is 2.65. The SMILES string of the molecule is CC(C)Cc1c(C2CCCCC2)noc1N. The highest BCUT2D eigenvalue weighted by molar-refractivity contribution is 5.40. The number of hydrogen-bond donors (Lipinski definition) is 1. The fraction of sp³-hybridized carbons (Fsp3) is 0.769. The van der Waals surface area contributed by atoms with Crippen LogP contribution in [-0.4, -0.2) is 5.16 Å². The quantitative estimate of drug-likeness (QED) is 0.851. The van der Waals surface area contributed by atoms with Crippen molar-refractivity contribution in [1.82, 2.24) is 5.16 Å². The first-order valence-electron chi connectivity index (χ1n) is 6.42. The van der Waals surface area contributed by atoms with E-state index in [1.165, 1.54) is 37.7 Å². The van der Waals surface area contributed by atoms with Crippen LogP contribution in [0.1, 0.15) is 63.1 Å². The molecule has 1 aromatic heterocycles. The molecule has 0 radical (unpaired) electrons. The maximum atomic E-state index is 5.87. The predicted molar refractivity (Wildman–Crippen MR) is 65.3 cm³/mol. The van der Waals surface area contributed by atoms with E-state index in [0.29, 0.717) is 17.7 Å². The van der Waals surface area contributed by atoms with Crippen LogP contribution in [0.2, 0.25) is 0 Å². The Bertz CT molecular complexity index is 338. The van der Waals surface area contributed by atoms with Gasteiger partial charge in [-0.15, -0.1) is 0 Å². The van der Waals surface area contributed by atoms with E-state index in [0.717, 1.165) is 12.1 Å². The summed E-state index contributed by atoms with van der Waals surface area (Å²) in [4.78, 5) is 0. The lowest BCUT2D eigenvalue weighted by molar-refractivity contribution is 0.387. The summed E-state index contributed by atoms with van der Waals surface area (Å²) in [6.07, 6.45) is 7.48. The molecule has 0 atom stereocenters. The first-order valence-corrected chi connectivity index (χ1v) is 6.42. The molecule has 1 heterocycles. The van der Waals surface area contributed by atoms with Crippen LogP contribution in [0.5, 0.6) is 0 Å². The molecule has 2 rings (SSSR count). The summed E-state index contributed by atoms with van der Waals surface area (Å²) in [5.41, 5.74) is 8.18. The monoisotopic (exact) mass is 222 g/mol. The van der Waals surface area contributed by atoms with Crippen molar-refractivity contribution in [2.75, 3.05) is 5.73 Å². The molecule has 1 fully saturated rings. The molecule has 3 nitrogen and oxygen atoms in total. The van der Waals surface area contributed by atoms with Crippen LogP contribution >= 0.6 is 0 Å². The summed E-state index contributed by atoms with van der Waals surface area (Å²) >= 11 is 0. The topological polar surface area (TPSA) is 52.0 Å². The molecule has 0 aromatic carbocycles. The van der Waals surface area contributed by atoms with Gasteiger partial charge in [0.25, 0.3) is 0 Å². The van der Waals surface area contributed by atoms with Crippen molar-refractivity contribution in [3.05, 3.63) is 11.3 Å². The summed E-state index contributed by atoms with van der Waals surface area (Å²) in [5, 5.41) is 4.19. The second-order valence-electron chi connectivity index (χ2n) is 5.34. The van der Waals surface area contributed by atoms with Gasteiger partial charge in [0.2, 0.25) is 5.88 Å². The van der Waals surface area contributed by atoms with Gasteiger partial charge < -0.3 is 10.3 Å². The van der Waals surface area contributed by atoms with Crippen LogP contribution in [0, 0.1) is 5.92 Å². The maximum Gasteiger partial charge on any atom is 0.225 e. The number of aromatic nitrogens is 1. The van der Waals surface area contributed by atoms with E-state index in [9.17, 15) is 0 Å². The number of nitrogens with two attached hydrogens (primary N) is 1. The van der Waals surface area contributed by atoms with Crippen molar-refractivity contribution in [2.45, 2.75) is 58.3 Å². The van der Waals surface area contributed by atoms with Crippen molar-refractivity contribution in [2.24, 2.45) is 5.92 Å². The van der Waals surface area contributed by atoms with Crippen molar-refractivity contribution in [3.8, 4) is 0 Å². The zero-order valence-electron chi connectivity index (χ0n) is 10.3. The number of anilines is 1. The van der Waals surface area contributed by atoms with Gasteiger partial charge >= 0.3 is 0 Å². The third-order valence-electron chi connectivity index (χ3n) is 3.45. The van der Waals surface area contributed by atoms with Gasteiger partial charge in [0.05, 0.1) is 5.69 Å². The van der Waals surface area contributed by atoms with Crippen LogP contribution in [0.4, 0.5) is 5.88 Å². The fourth-order valence-electron chi connectivity index (χ4n) is 2.65. The standard InChI is InChI=1S/C13H22N2O/c1-9(2)8-11-12(15-16-13(11)14)10-6-4-3-5-7-10/h9-10H,3-8,14H2,1-2H3. The summed E-state index contributed by atoms with van der Waals surface area (Å²) in [7, 11) is 0. The van der Waals surface area contributed by atoms with Crippen LogP contribution in [0.15, 0.2) is 4.52 Å². The molecule has 0 spiro atoms. The Morgan fingerprint density at radius 3 is 2.62 bits per heavy atom. The van der Waals surface area contributed by atoms with Crippen molar-refractivity contribution in [1.29, 1.82) is 0 Å². The average Bonchev–Trinajstić information content (AvgIpc) is 2.61. The van der Waals surface area contributed by atoms with E-state index in [2.05, 4.69) is 19.0 Å². The second-order valence-corrected chi connectivity index (χ2v) is 5.34. The summed E-state index contributed by atoms with van der Waals surface area (Å²) in [6, 6.07) is 0. The smallest absolute Gasteiger partial charge is 0.225 e. The normalized spacial score (nSPS) is 18.2. The van der Waals surface area contributed by atoms with Gasteiger partial charge in [0, 0.05) is 11.5 Å². The summed E-state index contributed by atoms with van der Waals surface area (Å²) < 4.78 is 5.18. The molecule has 16 heavy (non-hydrogen) atoms. The molecule has 0 saturated heterocycles. The van der Waals surface area contributed by atoms with Gasteiger partial charge in [-0.3, -0.25) is 0 Å². The number of rotatable bonds is 3. The van der Waals surface area contributed by atoms with E-state index in [1.54, 1.807) is 0 Å². The van der Waals surface area contributed by atoms with Gasteiger partial charge in [-0.05, 0) is 25.2 Å². The van der Waals surface area contributed by atoms with Gasteiger partial charge in [0.1, 0.15) is 0 Å². The Labute approximate surface area is 97.4 Å². The maximum absolute atomic E-state index is 5.87. The first-order chi connectivity index (χ1) is 7.68. The van der Waals surface area contributed by atoms with Gasteiger partial charge in [0.15, 0.2) is 0 Å². The van der Waals surface area contributed by atoms with E-state index in [1.807, 2.05) is 0 Å². The molecule has 1 aliphatic rings. The minimum Gasteiger partial charge on any atom is -0.367 e. The van der Waals surface area contributed by atoms with Crippen LogP contribution in [-0.2, 0) is 6.42 Å². The molecule has 1 aliphatic carbocycles. The highest BCUT2D eigenvalue weighted by Gasteiger charge is 2.24. The molecular weight excluding hydrogens is 200 g/mol. The lowest BCUT2D eigenvalue weighted by Crippen LogP contribution is -2.09. The predicted octanol–water partition coefficient (Wildman–Crippen LogP) is 3.50. The largest absolute Gasteiger partial charge is 0.367 e. The zero-order chi connectivity index (χ0) is 11.5. The van der Waals surface area contributed by atoms with E-state index >= 15 is 0 Å². The lowest BCUT2D eigenvalue weighted by atomic mass is 9.84. The van der Waals surface area contributed by atoms with Gasteiger partial charge in [-0.25, -0.2) is 0 Å². The Balaban J connectivity index is 2.18. The molecule has 0 amide bonds. The van der Waals surface area contributed by atoms with Gasteiger partial charge in [-0.1, -0.05) is 38.3 Å². The second kappa shape index (κ2) is 4.89. The zero-order valence-corrected chi connectivity index (χ0v) is 10.3. The van der Waals surface area contributed by atoms with Crippen molar-refractivity contribution < 1.29 is 4.52 Å². The highest BCUT2D eigenvalue weighted by atomic mass is 16.5. The molecular formula is C13H22N2O. The van der Waals surface area contributed by atoms with Crippen molar-refractivity contribution in [3.63, 3.8) is 0 Å². The summed E-state index contributed by atoms with van der Waals surface area (Å²) in [6.45, 7) is 4.41. The summed E-state index contributed by atoms with van der Waals surface area (Å²) in [5.74, 6) is 1.72. The first kappa shape index (κ1) is 11.5. The molecule has 3 heteroatoms. The molecule has 1 aromatic rings. The van der Waals surface area contributed by atoms with E-state index in [4.69, 9.17) is 10.3 Å². The van der Waals surface area contributed by atoms with Crippen LogP contribution in [0.3, 0.4) is 0 Å². The number of hydrogen-bond acceptors (Lipinski definition) is 3. The Hall–Kier alpha value is -0.990. The number of nitrogens with zero attached hydrogens (tertiary/aromatic N) is 1. The third kappa shape index (κ3) is 2.39.